The number of hydrogen-bond donors (Lipinski definition) is 0. The van der Waals surface area contributed by atoms with Crippen LogP contribution in [0.4, 0.5) is 10.6 Å². The maximum atomic E-state index is 13.2. The summed E-state index contributed by atoms with van der Waals surface area (Å²) < 4.78 is 11.8. The second-order valence-corrected chi connectivity index (χ2v) is 11.8. The quantitative estimate of drug-likeness (QED) is 0.285. The first-order valence-corrected chi connectivity index (χ1v) is 14.9. The minimum absolute atomic E-state index is 0.146. The molecule has 2 aromatic carbocycles. The molecule has 0 spiro atoms. The molecule has 2 atom stereocenters. The Morgan fingerprint density at radius 3 is 2.49 bits per heavy atom. The third kappa shape index (κ3) is 5.42. The molecule has 3 fully saturated rings. The van der Waals surface area contributed by atoms with Gasteiger partial charge < -0.3 is 19.2 Å². The lowest BCUT2D eigenvalue weighted by Crippen LogP contribution is -2.38. The summed E-state index contributed by atoms with van der Waals surface area (Å²) in [6.07, 6.45) is 5.50. The molecule has 1 aliphatic carbocycles. The Morgan fingerprint density at radius 2 is 1.80 bits per heavy atom. The van der Waals surface area contributed by atoms with Crippen LogP contribution in [0.1, 0.15) is 73.4 Å². The van der Waals surface area contributed by atoms with Crippen molar-refractivity contribution in [1.29, 1.82) is 0 Å². The molecule has 7 heteroatoms. The molecule has 214 valence electrons. The molecule has 0 radical (unpaired) electrons. The van der Waals surface area contributed by atoms with Crippen molar-refractivity contribution < 1.29 is 19.1 Å². The minimum Gasteiger partial charge on any atom is -0.496 e. The number of ether oxygens (including phenoxy) is 2. The van der Waals surface area contributed by atoms with Crippen LogP contribution in [0.3, 0.4) is 0 Å². The maximum Gasteiger partial charge on any atom is 0.411 e. The zero-order valence-electron chi connectivity index (χ0n) is 24.2. The monoisotopic (exact) mass is 553 g/mol. The van der Waals surface area contributed by atoms with E-state index >= 15 is 0 Å². The molecule has 1 amide bonds. The summed E-state index contributed by atoms with van der Waals surface area (Å²) in [6.45, 7) is 6.43. The molecular weight excluding hydrogens is 514 g/mol. The molecule has 3 aromatic rings. The number of cyclic esters (lactones) is 1. The Hall–Kier alpha value is -3.87. The summed E-state index contributed by atoms with van der Waals surface area (Å²) in [5, 5.41) is 0. The predicted molar refractivity (Wildman–Crippen MR) is 159 cm³/mol. The van der Waals surface area contributed by atoms with E-state index < -0.39 is 0 Å². The molecule has 2 aliphatic heterocycles. The molecule has 1 saturated carbocycles. The number of benzene rings is 2. The molecule has 0 N–H and O–H groups in total. The van der Waals surface area contributed by atoms with E-state index in [-0.39, 0.29) is 24.2 Å². The van der Waals surface area contributed by atoms with Crippen molar-refractivity contribution in [3.8, 4) is 16.9 Å². The summed E-state index contributed by atoms with van der Waals surface area (Å²) in [6, 6.07) is 18.7. The lowest BCUT2D eigenvalue weighted by Gasteiger charge is -2.33. The highest BCUT2D eigenvalue weighted by atomic mass is 16.6. The third-order valence-corrected chi connectivity index (χ3v) is 9.17. The van der Waals surface area contributed by atoms with Crippen molar-refractivity contribution in [2.45, 2.75) is 70.6 Å². The van der Waals surface area contributed by atoms with Crippen LogP contribution in [-0.2, 0) is 16.1 Å². The largest absolute Gasteiger partial charge is 0.496 e. The predicted octanol–water partition coefficient (Wildman–Crippen LogP) is 6.83. The fourth-order valence-electron chi connectivity index (χ4n) is 6.52. The van der Waals surface area contributed by atoms with Gasteiger partial charge in [0.2, 0.25) is 0 Å². The Bertz CT molecular complexity index is 1430. The molecule has 7 nitrogen and oxygen atoms in total. The van der Waals surface area contributed by atoms with Gasteiger partial charge in [-0.05, 0) is 87.3 Å². The first kappa shape index (κ1) is 27.3. The molecule has 2 saturated heterocycles. The van der Waals surface area contributed by atoms with Crippen molar-refractivity contribution in [3.05, 3.63) is 77.0 Å². The van der Waals surface area contributed by atoms with Crippen LogP contribution < -0.4 is 9.64 Å². The lowest BCUT2D eigenvalue weighted by molar-refractivity contribution is -0.111. The van der Waals surface area contributed by atoms with Gasteiger partial charge in [-0.15, -0.1) is 0 Å². The number of nitrogens with zero attached hydrogens (tertiary/aromatic N) is 3. The van der Waals surface area contributed by atoms with E-state index in [1.54, 1.807) is 12.0 Å². The van der Waals surface area contributed by atoms with Crippen LogP contribution in [0.25, 0.3) is 11.1 Å². The van der Waals surface area contributed by atoms with E-state index in [0.29, 0.717) is 12.5 Å². The lowest BCUT2D eigenvalue weighted by atomic mass is 9.78. The fraction of sp³-hybridized carbons (Fsp3) is 0.441. The van der Waals surface area contributed by atoms with Crippen LogP contribution >= 0.6 is 0 Å². The van der Waals surface area contributed by atoms with E-state index in [0.717, 1.165) is 91.0 Å². The molecule has 3 aliphatic rings. The van der Waals surface area contributed by atoms with Crippen molar-refractivity contribution in [2.75, 3.05) is 25.1 Å². The van der Waals surface area contributed by atoms with Crippen molar-refractivity contribution >= 4 is 18.2 Å². The second kappa shape index (κ2) is 11.6. The maximum absolute atomic E-state index is 13.2. The van der Waals surface area contributed by atoms with Gasteiger partial charge in [-0.25, -0.2) is 9.78 Å². The number of amides is 1. The fourth-order valence-corrected chi connectivity index (χ4v) is 6.52. The highest BCUT2D eigenvalue weighted by Gasteiger charge is 2.40. The summed E-state index contributed by atoms with van der Waals surface area (Å²) in [5.41, 5.74) is 6.19. The molecular formula is C34H39N3O4. The zero-order chi connectivity index (χ0) is 28.5. The standard InChI is InChI=1S/C34H39N3O4/c1-22-6-4-7-27(18-22)33-23(2)37(34(39)41-33)20-30-28(13-15-32(35-30)36-16-5-17-36)29-19-26(12-14-31(29)40-3)25-10-8-24(21-38)9-11-25/h4,6-7,12-15,18-19,21,23-25,33H,5,8-11,16-17,20H2,1-3H3/t23-,24-,25-,33-/m0/s1. The highest BCUT2D eigenvalue weighted by Crippen LogP contribution is 2.41. The number of rotatable bonds is 8. The average Bonchev–Trinajstić information content (AvgIpc) is 3.24. The first-order valence-electron chi connectivity index (χ1n) is 14.9. The number of carbonyl (C=O) groups excluding carboxylic acids is 2. The van der Waals surface area contributed by atoms with Crippen molar-refractivity contribution in [3.63, 3.8) is 0 Å². The van der Waals surface area contributed by atoms with Crippen molar-refractivity contribution in [1.82, 2.24) is 9.88 Å². The highest BCUT2D eigenvalue weighted by molar-refractivity contribution is 5.76. The van der Waals surface area contributed by atoms with Gasteiger partial charge in [0.05, 0.1) is 25.4 Å². The summed E-state index contributed by atoms with van der Waals surface area (Å²) in [7, 11) is 1.70. The van der Waals surface area contributed by atoms with Gasteiger partial charge in [0.1, 0.15) is 24.0 Å². The zero-order valence-corrected chi connectivity index (χ0v) is 24.2. The number of anilines is 1. The topological polar surface area (TPSA) is 72.0 Å². The van der Waals surface area contributed by atoms with Gasteiger partial charge >= 0.3 is 6.09 Å². The van der Waals surface area contributed by atoms with Gasteiger partial charge in [0.15, 0.2) is 0 Å². The molecule has 1 aromatic heterocycles. The van der Waals surface area contributed by atoms with E-state index in [2.05, 4.69) is 48.2 Å². The number of hydrogen-bond acceptors (Lipinski definition) is 6. The van der Waals surface area contributed by atoms with E-state index in [9.17, 15) is 9.59 Å². The summed E-state index contributed by atoms with van der Waals surface area (Å²) >= 11 is 0. The van der Waals surface area contributed by atoms with E-state index in [4.69, 9.17) is 14.5 Å². The van der Waals surface area contributed by atoms with Crippen LogP contribution in [0.2, 0.25) is 0 Å². The Balaban J connectivity index is 1.35. The molecule has 41 heavy (non-hydrogen) atoms. The third-order valence-electron chi connectivity index (χ3n) is 9.17. The SMILES string of the molecule is COc1ccc([C@H]2CC[C@H](C=O)CC2)cc1-c1ccc(N2CCC2)nc1CN1C(=O)O[C@H](c2cccc(C)c2)[C@@H]1C. The molecule has 3 heterocycles. The number of aromatic nitrogens is 1. The average molecular weight is 554 g/mol. The Morgan fingerprint density at radius 1 is 1.00 bits per heavy atom. The number of methoxy groups -OCH3 is 1. The van der Waals surface area contributed by atoms with Gasteiger partial charge in [-0.3, -0.25) is 4.90 Å². The van der Waals surface area contributed by atoms with Crippen LogP contribution in [0.5, 0.6) is 5.75 Å². The molecule has 0 unspecified atom stereocenters. The second-order valence-electron chi connectivity index (χ2n) is 11.8. The summed E-state index contributed by atoms with van der Waals surface area (Å²) in [5.74, 6) is 2.31. The van der Waals surface area contributed by atoms with E-state index in [1.165, 1.54) is 5.56 Å². The Kier molecular flexibility index (Phi) is 7.69. The van der Waals surface area contributed by atoms with Crippen molar-refractivity contribution in [2.24, 2.45) is 5.92 Å². The number of carbonyl (C=O) groups is 2. The van der Waals surface area contributed by atoms with Gasteiger partial charge in [-0.1, -0.05) is 35.9 Å². The van der Waals surface area contributed by atoms with Gasteiger partial charge in [0.25, 0.3) is 0 Å². The summed E-state index contributed by atoms with van der Waals surface area (Å²) in [4.78, 5) is 33.8. The molecule has 6 rings (SSSR count). The first-order chi connectivity index (χ1) is 19.9. The van der Waals surface area contributed by atoms with Crippen LogP contribution in [0.15, 0.2) is 54.6 Å². The molecule has 0 bridgehead atoms. The smallest absolute Gasteiger partial charge is 0.411 e. The Labute approximate surface area is 242 Å². The number of aldehydes is 1. The number of aryl methyl sites for hydroxylation is 1. The van der Waals surface area contributed by atoms with E-state index in [1.807, 2.05) is 25.1 Å². The number of pyridine rings is 1. The minimum atomic E-state index is -0.330. The van der Waals surface area contributed by atoms with Gasteiger partial charge in [0, 0.05) is 30.1 Å². The van der Waals surface area contributed by atoms with Crippen LogP contribution in [-0.4, -0.2) is 48.5 Å². The van der Waals surface area contributed by atoms with Crippen LogP contribution in [0, 0.1) is 12.8 Å². The normalized spacial score (nSPS) is 24.1. The van der Waals surface area contributed by atoms with Gasteiger partial charge in [-0.2, -0.15) is 0 Å².